The SMILES string of the molecule is N#Cc1cc2c(nc1OCCCN)CCC2. The minimum atomic E-state index is 0.469. The van der Waals surface area contributed by atoms with Crippen molar-refractivity contribution in [2.24, 2.45) is 5.73 Å². The summed E-state index contributed by atoms with van der Waals surface area (Å²) in [6, 6.07) is 4.04. The Balaban J connectivity index is 2.20. The number of nitrogens with zero attached hydrogens (tertiary/aromatic N) is 2. The van der Waals surface area contributed by atoms with Gasteiger partial charge in [-0.05, 0) is 43.9 Å². The van der Waals surface area contributed by atoms with Crippen LogP contribution in [0.4, 0.5) is 0 Å². The van der Waals surface area contributed by atoms with Gasteiger partial charge in [0.25, 0.3) is 0 Å². The first-order chi connectivity index (χ1) is 7.85. The summed E-state index contributed by atoms with van der Waals surface area (Å²) in [4.78, 5) is 4.41. The number of hydrogen-bond acceptors (Lipinski definition) is 4. The van der Waals surface area contributed by atoms with Gasteiger partial charge in [0.1, 0.15) is 11.6 Å². The van der Waals surface area contributed by atoms with Crippen LogP contribution < -0.4 is 10.5 Å². The largest absolute Gasteiger partial charge is 0.477 e. The number of pyridine rings is 1. The maximum atomic E-state index is 9.01. The third kappa shape index (κ3) is 2.15. The summed E-state index contributed by atoms with van der Waals surface area (Å²) in [5, 5.41) is 9.01. The van der Waals surface area contributed by atoms with E-state index in [9.17, 15) is 0 Å². The summed E-state index contributed by atoms with van der Waals surface area (Å²) in [6.45, 7) is 1.11. The van der Waals surface area contributed by atoms with Gasteiger partial charge in [0, 0.05) is 5.69 Å². The lowest BCUT2D eigenvalue weighted by Crippen LogP contribution is -2.08. The zero-order chi connectivity index (χ0) is 11.4. The zero-order valence-corrected chi connectivity index (χ0v) is 9.20. The molecule has 1 aliphatic rings. The van der Waals surface area contributed by atoms with Crippen LogP contribution in [0, 0.1) is 11.3 Å². The second kappa shape index (κ2) is 4.95. The van der Waals surface area contributed by atoms with Gasteiger partial charge in [-0.25, -0.2) is 4.98 Å². The van der Waals surface area contributed by atoms with Crippen molar-refractivity contribution in [2.75, 3.05) is 13.2 Å². The van der Waals surface area contributed by atoms with Gasteiger partial charge in [-0.2, -0.15) is 5.26 Å². The number of ether oxygens (including phenoxy) is 1. The Labute approximate surface area is 95.0 Å². The van der Waals surface area contributed by atoms with Crippen LogP contribution in [0.15, 0.2) is 6.07 Å². The van der Waals surface area contributed by atoms with E-state index in [1.165, 1.54) is 5.56 Å². The molecule has 84 valence electrons. The summed E-state index contributed by atoms with van der Waals surface area (Å²) in [6.07, 6.45) is 3.93. The van der Waals surface area contributed by atoms with Crippen LogP contribution in [0.5, 0.6) is 5.88 Å². The smallest absolute Gasteiger partial charge is 0.231 e. The van der Waals surface area contributed by atoms with Crippen LogP contribution in [-0.4, -0.2) is 18.1 Å². The topological polar surface area (TPSA) is 71.9 Å². The fourth-order valence-corrected chi connectivity index (χ4v) is 1.90. The molecule has 4 heteroatoms. The minimum absolute atomic E-state index is 0.469. The average molecular weight is 217 g/mol. The second-order valence-corrected chi connectivity index (χ2v) is 3.90. The predicted octanol–water partition coefficient (Wildman–Crippen LogP) is 1.17. The van der Waals surface area contributed by atoms with Crippen LogP contribution in [0.1, 0.15) is 29.7 Å². The fourth-order valence-electron chi connectivity index (χ4n) is 1.90. The Morgan fingerprint density at radius 2 is 2.38 bits per heavy atom. The molecule has 2 N–H and O–H groups in total. The van der Waals surface area contributed by atoms with Gasteiger partial charge in [-0.1, -0.05) is 0 Å². The quantitative estimate of drug-likeness (QED) is 0.768. The van der Waals surface area contributed by atoms with Crippen LogP contribution in [0.2, 0.25) is 0 Å². The van der Waals surface area contributed by atoms with E-state index in [-0.39, 0.29) is 0 Å². The molecule has 1 aromatic rings. The summed E-state index contributed by atoms with van der Waals surface area (Å²) in [7, 11) is 0. The number of aryl methyl sites for hydroxylation is 2. The van der Waals surface area contributed by atoms with Crippen molar-refractivity contribution in [3.8, 4) is 11.9 Å². The van der Waals surface area contributed by atoms with Crippen molar-refractivity contribution in [3.05, 3.63) is 22.9 Å². The molecular weight excluding hydrogens is 202 g/mol. The summed E-state index contributed by atoms with van der Waals surface area (Å²) in [5.74, 6) is 0.469. The molecule has 0 amide bonds. The Kier molecular flexibility index (Phi) is 3.37. The fraction of sp³-hybridized carbons (Fsp3) is 0.500. The first-order valence-electron chi connectivity index (χ1n) is 5.61. The van der Waals surface area contributed by atoms with Gasteiger partial charge in [-0.3, -0.25) is 0 Å². The van der Waals surface area contributed by atoms with Gasteiger partial charge < -0.3 is 10.5 Å². The van der Waals surface area contributed by atoms with Crippen LogP contribution >= 0.6 is 0 Å². The highest BCUT2D eigenvalue weighted by Gasteiger charge is 2.16. The molecule has 0 saturated heterocycles. The lowest BCUT2D eigenvalue weighted by atomic mass is 10.1. The molecular formula is C12H15N3O. The van der Waals surface area contributed by atoms with E-state index in [0.29, 0.717) is 24.6 Å². The molecule has 0 atom stereocenters. The monoisotopic (exact) mass is 217 g/mol. The number of nitriles is 1. The predicted molar refractivity (Wildman–Crippen MR) is 60.1 cm³/mol. The molecule has 0 aliphatic heterocycles. The summed E-state index contributed by atoms with van der Waals surface area (Å²) < 4.78 is 5.48. The van der Waals surface area contributed by atoms with Crippen LogP contribution in [0.25, 0.3) is 0 Å². The maximum absolute atomic E-state index is 9.01. The zero-order valence-electron chi connectivity index (χ0n) is 9.20. The van der Waals surface area contributed by atoms with E-state index < -0.39 is 0 Å². The van der Waals surface area contributed by atoms with E-state index in [1.54, 1.807) is 0 Å². The van der Waals surface area contributed by atoms with Gasteiger partial charge in [0.05, 0.1) is 6.61 Å². The van der Waals surface area contributed by atoms with Gasteiger partial charge in [0.15, 0.2) is 0 Å². The molecule has 1 heterocycles. The van der Waals surface area contributed by atoms with E-state index in [4.69, 9.17) is 15.7 Å². The van der Waals surface area contributed by atoms with Crippen LogP contribution in [0.3, 0.4) is 0 Å². The molecule has 16 heavy (non-hydrogen) atoms. The van der Waals surface area contributed by atoms with Gasteiger partial charge in [0.2, 0.25) is 5.88 Å². The Morgan fingerprint density at radius 3 is 3.12 bits per heavy atom. The van der Waals surface area contributed by atoms with Gasteiger partial charge in [-0.15, -0.1) is 0 Å². The second-order valence-electron chi connectivity index (χ2n) is 3.90. The van der Waals surface area contributed by atoms with Crippen molar-refractivity contribution >= 4 is 0 Å². The van der Waals surface area contributed by atoms with Crippen molar-refractivity contribution in [3.63, 3.8) is 0 Å². The van der Waals surface area contributed by atoms with Crippen molar-refractivity contribution in [1.29, 1.82) is 5.26 Å². The van der Waals surface area contributed by atoms with E-state index in [0.717, 1.165) is 31.4 Å². The first-order valence-corrected chi connectivity index (χ1v) is 5.61. The summed E-state index contributed by atoms with van der Waals surface area (Å²) in [5.41, 5.74) is 8.21. The molecule has 0 bridgehead atoms. The van der Waals surface area contributed by atoms with Crippen molar-refractivity contribution in [1.82, 2.24) is 4.98 Å². The number of nitrogens with two attached hydrogens (primary N) is 1. The normalized spacial score (nSPS) is 13.2. The Morgan fingerprint density at radius 1 is 1.50 bits per heavy atom. The number of fused-ring (bicyclic) bond motifs is 1. The molecule has 0 fully saturated rings. The maximum Gasteiger partial charge on any atom is 0.231 e. The van der Waals surface area contributed by atoms with Gasteiger partial charge >= 0.3 is 0 Å². The first kappa shape index (κ1) is 10.9. The highest BCUT2D eigenvalue weighted by molar-refractivity contribution is 5.44. The highest BCUT2D eigenvalue weighted by atomic mass is 16.5. The van der Waals surface area contributed by atoms with Crippen LogP contribution in [-0.2, 0) is 12.8 Å². The third-order valence-corrected chi connectivity index (χ3v) is 2.72. The molecule has 0 radical (unpaired) electrons. The highest BCUT2D eigenvalue weighted by Crippen LogP contribution is 2.26. The number of rotatable bonds is 4. The molecule has 1 aromatic heterocycles. The molecule has 2 rings (SSSR count). The van der Waals surface area contributed by atoms with Crippen molar-refractivity contribution < 1.29 is 4.74 Å². The number of hydrogen-bond donors (Lipinski definition) is 1. The van der Waals surface area contributed by atoms with Crippen molar-refractivity contribution in [2.45, 2.75) is 25.7 Å². The lowest BCUT2D eigenvalue weighted by Gasteiger charge is -2.08. The lowest BCUT2D eigenvalue weighted by molar-refractivity contribution is 0.300. The average Bonchev–Trinajstić information content (AvgIpc) is 2.75. The Hall–Kier alpha value is -1.60. The molecule has 0 unspecified atom stereocenters. The molecule has 1 aliphatic carbocycles. The standard InChI is InChI=1S/C12H15N3O/c13-5-2-6-16-12-10(8-14)7-9-3-1-4-11(9)15-12/h7H,1-6,13H2. The minimum Gasteiger partial charge on any atom is -0.477 e. The van der Waals surface area contributed by atoms with E-state index in [2.05, 4.69) is 11.1 Å². The third-order valence-electron chi connectivity index (χ3n) is 2.72. The van der Waals surface area contributed by atoms with E-state index >= 15 is 0 Å². The Bertz CT molecular complexity index is 423. The summed E-state index contributed by atoms with van der Waals surface area (Å²) >= 11 is 0. The molecule has 4 nitrogen and oxygen atoms in total. The molecule has 0 spiro atoms. The molecule has 0 aromatic carbocycles. The van der Waals surface area contributed by atoms with E-state index in [1.807, 2.05) is 6.07 Å². The number of aromatic nitrogens is 1. The molecule has 0 saturated carbocycles.